The highest BCUT2D eigenvalue weighted by Gasteiger charge is 2.17. The van der Waals surface area contributed by atoms with Gasteiger partial charge in [-0.1, -0.05) is 5.21 Å². The fourth-order valence-corrected chi connectivity index (χ4v) is 0.849. The number of aromatic nitrogens is 3. The zero-order valence-corrected chi connectivity index (χ0v) is 7.60. The fraction of sp³-hybridized carbons (Fsp3) is 0.429. The van der Waals surface area contributed by atoms with E-state index in [1.54, 1.807) is 6.92 Å². The highest BCUT2D eigenvalue weighted by atomic mass is 16.5. The second kappa shape index (κ2) is 4.23. The topological polar surface area (TPSA) is 107 Å². The molecule has 0 bridgehead atoms. The summed E-state index contributed by atoms with van der Waals surface area (Å²) in [5.41, 5.74) is 5.45. The van der Waals surface area contributed by atoms with Gasteiger partial charge in [0.05, 0.1) is 12.7 Å². The van der Waals surface area contributed by atoms with Gasteiger partial charge < -0.3 is 10.5 Å². The van der Waals surface area contributed by atoms with E-state index in [9.17, 15) is 4.79 Å². The molecule has 0 atom stereocenters. The number of anilines is 1. The number of rotatable bonds is 3. The van der Waals surface area contributed by atoms with Crippen LogP contribution in [0.5, 0.6) is 0 Å². The zero-order valence-electron chi connectivity index (χ0n) is 7.60. The first kappa shape index (κ1) is 9.98. The Morgan fingerprint density at radius 1 is 1.79 bits per heavy atom. The van der Waals surface area contributed by atoms with Gasteiger partial charge in [-0.15, -0.1) is 5.10 Å². The lowest BCUT2D eigenvalue weighted by atomic mass is 10.4. The van der Waals surface area contributed by atoms with Crippen LogP contribution in [-0.4, -0.2) is 27.6 Å². The van der Waals surface area contributed by atoms with Gasteiger partial charge in [0.15, 0.2) is 5.82 Å². The molecule has 74 valence electrons. The van der Waals surface area contributed by atoms with Gasteiger partial charge >= 0.3 is 5.97 Å². The lowest BCUT2D eigenvalue weighted by Gasteiger charge is -1.98. The normalized spacial score (nSPS) is 9.43. The van der Waals surface area contributed by atoms with Crippen molar-refractivity contribution in [2.24, 2.45) is 0 Å². The van der Waals surface area contributed by atoms with Crippen LogP contribution in [0.15, 0.2) is 0 Å². The molecule has 0 amide bonds. The van der Waals surface area contributed by atoms with Crippen molar-refractivity contribution in [2.75, 3.05) is 12.3 Å². The number of ether oxygens (including phenoxy) is 1. The predicted molar refractivity (Wildman–Crippen MR) is 46.0 cm³/mol. The molecule has 0 aliphatic rings. The maximum atomic E-state index is 11.2. The standard InChI is InChI=1S/C7H9N5O2/c1-2-14-7(13)5-6(9)12(4-3-8)11-10-5/h2,4,9H2,1H3. The summed E-state index contributed by atoms with van der Waals surface area (Å²) in [6, 6.07) is 1.84. The van der Waals surface area contributed by atoms with Crippen LogP contribution in [0.3, 0.4) is 0 Å². The lowest BCUT2D eigenvalue weighted by Crippen LogP contribution is -2.10. The molecule has 0 aliphatic carbocycles. The molecule has 0 unspecified atom stereocenters. The first-order valence-corrected chi connectivity index (χ1v) is 3.93. The summed E-state index contributed by atoms with van der Waals surface area (Å²) in [6.45, 7) is 1.87. The van der Waals surface area contributed by atoms with Crippen molar-refractivity contribution in [3.05, 3.63) is 5.69 Å². The Morgan fingerprint density at radius 2 is 2.50 bits per heavy atom. The Labute approximate surface area is 80.1 Å². The molecule has 7 nitrogen and oxygen atoms in total. The Balaban J connectivity index is 2.90. The first-order chi connectivity index (χ1) is 6.70. The van der Waals surface area contributed by atoms with Crippen LogP contribution < -0.4 is 5.73 Å². The second-order valence-electron chi connectivity index (χ2n) is 2.36. The van der Waals surface area contributed by atoms with Crippen LogP contribution >= 0.6 is 0 Å². The average Bonchev–Trinajstić information content (AvgIpc) is 2.49. The number of carbonyl (C=O) groups is 1. The molecule has 1 rings (SSSR count). The molecule has 0 saturated heterocycles. The third-order valence-corrected chi connectivity index (χ3v) is 1.46. The molecule has 0 radical (unpaired) electrons. The van der Waals surface area contributed by atoms with Crippen LogP contribution in [-0.2, 0) is 11.3 Å². The maximum Gasteiger partial charge on any atom is 0.362 e. The van der Waals surface area contributed by atoms with Gasteiger partial charge in [0, 0.05) is 0 Å². The number of hydrogen-bond donors (Lipinski definition) is 1. The third kappa shape index (κ3) is 1.80. The summed E-state index contributed by atoms with van der Waals surface area (Å²) in [7, 11) is 0. The minimum atomic E-state index is -0.630. The van der Waals surface area contributed by atoms with Crippen LogP contribution in [0.25, 0.3) is 0 Å². The predicted octanol–water partition coefficient (Wildman–Crippen LogP) is -0.439. The van der Waals surface area contributed by atoms with E-state index in [0.29, 0.717) is 0 Å². The van der Waals surface area contributed by atoms with E-state index >= 15 is 0 Å². The highest BCUT2D eigenvalue weighted by molar-refractivity contribution is 5.91. The molecule has 1 heterocycles. The Kier molecular flexibility index (Phi) is 3.01. The molecule has 2 N–H and O–H groups in total. The number of esters is 1. The Hall–Kier alpha value is -2.10. The largest absolute Gasteiger partial charge is 0.461 e. The van der Waals surface area contributed by atoms with E-state index in [0.717, 1.165) is 4.68 Å². The van der Waals surface area contributed by atoms with Gasteiger partial charge in [-0.05, 0) is 6.92 Å². The monoisotopic (exact) mass is 195 g/mol. The smallest absolute Gasteiger partial charge is 0.362 e. The van der Waals surface area contributed by atoms with E-state index in [2.05, 4.69) is 15.0 Å². The van der Waals surface area contributed by atoms with E-state index in [1.165, 1.54) is 0 Å². The van der Waals surface area contributed by atoms with Gasteiger partial charge in [-0.2, -0.15) is 5.26 Å². The maximum absolute atomic E-state index is 11.2. The van der Waals surface area contributed by atoms with Crippen LogP contribution in [0, 0.1) is 11.3 Å². The van der Waals surface area contributed by atoms with Crippen molar-refractivity contribution in [1.29, 1.82) is 5.26 Å². The van der Waals surface area contributed by atoms with Crippen molar-refractivity contribution in [3.63, 3.8) is 0 Å². The molecular formula is C7H9N5O2. The van der Waals surface area contributed by atoms with Crippen molar-refractivity contribution < 1.29 is 9.53 Å². The van der Waals surface area contributed by atoms with Gasteiger partial charge in [0.25, 0.3) is 0 Å². The number of nitriles is 1. The van der Waals surface area contributed by atoms with Crippen LogP contribution in [0.2, 0.25) is 0 Å². The molecule has 0 fully saturated rings. The van der Waals surface area contributed by atoms with Gasteiger partial charge in [-0.3, -0.25) is 0 Å². The van der Waals surface area contributed by atoms with Gasteiger partial charge in [0.1, 0.15) is 6.54 Å². The molecule has 0 aliphatic heterocycles. The number of nitrogen functional groups attached to an aromatic ring is 1. The van der Waals surface area contributed by atoms with Crippen molar-refractivity contribution in [2.45, 2.75) is 13.5 Å². The van der Waals surface area contributed by atoms with E-state index < -0.39 is 5.97 Å². The van der Waals surface area contributed by atoms with E-state index in [-0.39, 0.29) is 24.7 Å². The summed E-state index contributed by atoms with van der Waals surface area (Å²) in [5, 5.41) is 15.4. The highest BCUT2D eigenvalue weighted by Crippen LogP contribution is 2.08. The van der Waals surface area contributed by atoms with Crippen molar-refractivity contribution in [1.82, 2.24) is 15.0 Å². The van der Waals surface area contributed by atoms with Crippen molar-refractivity contribution in [3.8, 4) is 6.07 Å². The third-order valence-electron chi connectivity index (χ3n) is 1.46. The van der Waals surface area contributed by atoms with Gasteiger partial charge in [0.2, 0.25) is 5.69 Å². The molecule has 7 heteroatoms. The molecule has 0 saturated carbocycles. The summed E-state index contributed by atoms with van der Waals surface area (Å²) >= 11 is 0. The number of hydrogen-bond acceptors (Lipinski definition) is 6. The molecule has 0 spiro atoms. The van der Waals surface area contributed by atoms with E-state index in [4.69, 9.17) is 11.0 Å². The Morgan fingerprint density at radius 3 is 3.07 bits per heavy atom. The number of nitrogens with two attached hydrogens (primary N) is 1. The molecule has 1 aromatic heterocycles. The van der Waals surface area contributed by atoms with Gasteiger partial charge in [-0.25, -0.2) is 9.48 Å². The number of nitrogens with zero attached hydrogens (tertiary/aromatic N) is 4. The zero-order chi connectivity index (χ0) is 10.6. The lowest BCUT2D eigenvalue weighted by molar-refractivity contribution is 0.0520. The molecule has 0 aromatic carbocycles. The first-order valence-electron chi connectivity index (χ1n) is 3.93. The summed E-state index contributed by atoms with van der Waals surface area (Å²) in [6.07, 6.45) is 0. The summed E-state index contributed by atoms with van der Waals surface area (Å²) < 4.78 is 5.81. The van der Waals surface area contributed by atoms with E-state index in [1.807, 2.05) is 6.07 Å². The average molecular weight is 195 g/mol. The summed E-state index contributed by atoms with van der Waals surface area (Å²) in [5.74, 6) is -0.584. The minimum Gasteiger partial charge on any atom is -0.461 e. The molecular weight excluding hydrogens is 186 g/mol. The molecule has 1 aromatic rings. The van der Waals surface area contributed by atoms with Crippen molar-refractivity contribution >= 4 is 11.8 Å². The van der Waals surface area contributed by atoms with Crippen LogP contribution in [0.4, 0.5) is 5.82 Å². The number of carbonyl (C=O) groups excluding carboxylic acids is 1. The van der Waals surface area contributed by atoms with Crippen LogP contribution in [0.1, 0.15) is 17.4 Å². The summed E-state index contributed by atoms with van der Waals surface area (Å²) in [4.78, 5) is 11.2. The fourth-order valence-electron chi connectivity index (χ4n) is 0.849. The SMILES string of the molecule is CCOC(=O)c1nnn(CC#N)c1N. The second-order valence-corrected chi connectivity index (χ2v) is 2.36. The minimum absolute atomic E-state index is 0.0434. The Bertz CT molecular complexity index is 378. The molecule has 14 heavy (non-hydrogen) atoms. The quantitative estimate of drug-likeness (QED) is 0.655.